The van der Waals surface area contributed by atoms with Crippen LogP contribution >= 0.6 is 0 Å². The lowest BCUT2D eigenvalue weighted by Gasteiger charge is -2.50. The molecule has 4 rings (SSSR count). The molecule has 2 N–H and O–H groups in total. The summed E-state index contributed by atoms with van der Waals surface area (Å²) in [5.41, 5.74) is 3.40. The van der Waals surface area contributed by atoms with Crippen molar-refractivity contribution in [3.63, 3.8) is 0 Å². The highest BCUT2D eigenvalue weighted by molar-refractivity contribution is 7.84. The highest BCUT2D eigenvalue weighted by atomic mass is 32.2. The van der Waals surface area contributed by atoms with Crippen molar-refractivity contribution in [2.24, 2.45) is 22.4 Å². The molecular formula is C21H28N2O4S. The molecule has 1 fully saturated rings. The molecule has 0 radical (unpaired) electrons. The summed E-state index contributed by atoms with van der Waals surface area (Å²) in [6.45, 7) is 2.27. The van der Waals surface area contributed by atoms with Crippen molar-refractivity contribution in [2.45, 2.75) is 44.9 Å². The van der Waals surface area contributed by atoms with Gasteiger partial charge in [0, 0.05) is 25.1 Å². The molecule has 0 heterocycles. The van der Waals surface area contributed by atoms with Gasteiger partial charge in [-0.05, 0) is 73.1 Å². The van der Waals surface area contributed by atoms with Gasteiger partial charge in [-0.2, -0.15) is 13.6 Å². The molecule has 3 aliphatic rings. The van der Waals surface area contributed by atoms with Crippen molar-refractivity contribution in [1.82, 2.24) is 4.90 Å². The number of carbonyl (C=O) groups is 1. The van der Waals surface area contributed by atoms with E-state index in [2.05, 4.69) is 13.0 Å². The summed E-state index contributed by atoms with van der Waals surface area (Å²) in [6, 6.07) is 5.52. The zero-order chi connectivity index (χ0) is 20.3. The van der Waals surface area contributed by atoms with Crippen LogP contribution in [0.4, 0.5) is 0 Å². The maximum absolute atomic E-state index is 12.7. The molecular weight excluding hydrogens is 376 g/mol. The van der Waals surface area contributed by atoms with Crippen LogP contribution in [0.15, 0.2) is 29.8 Å². The van der Waals surface area contributed by atoms with Crippen molar-refractivity contribution in [3.8, 4) is 5.75 Å². The summed E-state index contributed by atoms with van der Waals surface area (Å²) in [6.07, 6.45) is 7.12. The molecule has 28 heavy (non-hydrogen) atoms. The smallest absolute Gasteiger partial charge is 0.371 e. The minimum Gasteiger partial charge on any atom is -0.371 e. The topological polar surface area (TPSA) is 89.7 Å². The molecule has 0 spiro atoms. The summed E-state index contributed by atoms with van der Waals surface area (Å²) < 4.78 is 27.3. The molecule has 0 unspecified atom stereocenters. The standard InChI is InChI=1S/C21H28N2O4S/c1-21-11-10-16-15-7-5-14(27-28(22,25)26)12-13(15)4-6-17(16)18(21)8-9-19(21)20(24)23(2)3/h5,7,9,12,16-18H,4,6,8,10-11H2,1-3H3,(H2,22,25,26)/t16-,17-,18+,21+/m1/s1. The monoisotopic (exact) mass is 404 g/mol. The molecule has 0 bridgehead atoms. The molecule has 0 saturated heterocycles. The number of fused-ring (bicyclic) bond motifs is 5. The second kappa shape index (κ2) is 6.59. The molecule has 0 aliphatic heterocycles. The highest BCUT2D eigenvalue weighted by Crippen LogP contribution is 2.61. The number of carbonyl (C=O) groups excluding carboxylic acids is 1. The Morgan fingerprint density at radius 1 is 1.29 bits per heavy atom. The van der Waals surface area contributed by atoms with E-state index in [1.165, 1.54) is 5.56 Å². The van der Waals surface area contributed by atoms with Gasteiger partial charge in [0.1, 0.15) is 5.75 Å². The molecule has 3 aliphatic carbocycles. The van der Waals surface area contributed by atoms with Crippen LogP contribution in [0.3, 0.4) is 0 Å². The lowest BCUT2D eigenvalue weighted by Crippen LogP contribution is -2.43. The number of hydrogen-bond donors (Lipinski definition) is 1. The molecule has 152 valence electrons. The normalized spacial score (nSPS) is 31.3. The van der Waals surface area contributed by atoms with E-state index in [9.17, 15) is 13.2 Å². The van der Waals surface area contributed by atoms with E-state index < -0.39 is 10.3 Å². The molecule has 1 aromatic carbocycles. The lowest BCUT2D eigenvalue weighted by atomic mass is 9.54. The van der Waals surface area contributed by atoms with Gasteiger partial charge in [-0.3, -0.25) is 4.79 Å². The predicted octanol–water partition coefficient (Wildman–Crippen LogP) is 2.75. The Bertz CT molecular complexity index is 953. The van der Waals surface area contributed by atoms with Crippen LogP contribution in [0.25, 0.3) is 0 Å². The second-order valence-electron chi connectivity index (χ2n) is 8.86. The third kappa shape index (κ3) is 3.14. The summed E-state index contributed by atoms with van der Waals surface area (Å²) in [5.74, 6) is 1.90. The SMILES string of the molecule is CN(C)C(=O)C1=CC[C@H]2[C@@H]3CCc4cc(OS(N)(=O)=O)ccc4[C@H]3CC[C@]12C. The molecule has 4 atom stereocenters. The number of aryl methyl sites for hydroxylation is 1. The van der Waals surface area contributed by atoms with Gasteiger partial charge >= 0.3 is 10.3 Å². The molecule has 0 aromatic heterocycles. The van der Waals surface area contributed by atoms with E-state index in [1.54, 1.807) is 11.0 Å². The third-order valence-corrected chi connectivity index (χ3v) is 7.55. The molecule has 1 aromatic rings. The highest BCUT2D eigenvalue weighted by Gasteiger charge is 2.53. The molecule has 1 amide bonds. The Hall–Kier alpha value is -1.86. The van der Waals surface area contributed by atoms with Crippen LogP contribution < -0.4 is 9.32 Å². The first-order chi connectivity index (χ1) is 13.1. The van der Waals surface area contributed by atoms with Crippen LogP contribution in [-0.4, -0.2) is 33.3 Å². The number of amides is 1. The van der Waals surface area contributed by atoms with E-state index in [-0.39, 0.29) is 17.1 Å². The average Bonchev–Trinajstić information content (AvgIpc) is 2.96. The van der Waals surface area contributed by atoms with Crippen molar-refractivity contribution in [1.29, 1.82) is 0 Å². The Labute approximate surface area is 167 Å². The first-order valence-electron chi connectivity index (χ1n) is 9.87. The van der Waals surface area contributed by atoms with Crippen LogP contribution in [0, 0.1) is 17.3 Å². The largest absolute Gasteiger partial charge is 0.380 e. The van der Waals surface area contributed by atoms with Crippen molar-refractivity contribution < 1.29 is 17.4 Å². The van der Waals surface area contributed by atoms with Crippen LogP contribution in [-0.2, 0) is 21.5 Å². The van der Waals surface area contributed by atoms with Crippen LogP contribution in [0.1, 0.15) is 49.7 Å². The Morgan fingerprint density at radius 3 is 2.71 bits per heavy atom. The zero-order valence-electron chi connectivity index (χ0n) is 16.6. The Morgan fingerprint density at radius 2 is 2.04 bits per heavy atom. The number of nitrogens with two attached hydrogens (primary N) is 1. The minimum atomic E-state index is -4.01. The Kier molecular flexibility index (Phi) is 4.58. The summed E-state index contributed by atoms with van der Waals surface area (Å²) in [4.78, 5) is 14.4. The van der Waals surface area contributed by atoms with E-state index in [0.717, 1.165) is 43.2 Å². The fourth-order valence-electron chi connectivity index (χ4n) is 5.88. The first-order valence-corrected chi connectivity index (χ1v) is 11.3. The quantitative estimate of drug-likeness (QED) is 0.839. The van der Waals surface area contributed by atoms with E-state index in [4.69, 9.17) is 9.32 Å². The van der Waals surface area contributed by atoms with Crippen molar-refractivity contribution >= 4 is 16.2 Å². The summed E-state index contributed by atoms with van der Waals surface area (Å²) >= 11 is 0. The van der Waals surface area contributed by atoms with Gasteiger partial charge in [0.05, 0.1) is 0 Å². The molecule has 1 saturated carbocycles. The second-order valence-corrected chi connectivity index (χ2v) is 10.0. The summed E-state index contributed by atoms with van der Waals surface area (Å²) in [5, 5.41) is 4.99. The van der Waals surface area contributed by atoms with Gasteiger partial charge in [-0.1, -0.05) is 19.1 Å². The number of allylic oxidation sites excluding steroid dienone is 1. The van der Waals surface area contributed by atoms with Gasteiger partial charge in [-0.25, -0.2) is 0 Å². The van der Waals surface area contributed by atoms with Crippen LogP contribution in [0.2, 0.25) is 0 Å². The van der Waals surface area contributed by atoms with Gasteiger partial charge in [0.15, 0.2) is 0 Å². The number of nitrogens with zero attached hydrogens (tertiary/aromatic N) is 1. The predicted molar refractivity (Wildman–Crippen MR) is 107 cm³/mol. The van der Waals surface area contributed by atoms with E-state index in [0.29, 0.717) is 17.8 Å². The van der Waals surface area contributed by atoms with Crippen LogP contribution in [0.5, 0.6) is 5.75 Å². The first kappa shape index (κ1) is 19.5. The maximum Gasteiger partial charge on any atom is 0.380 e. The Balaban J connectivity index is 1.60. The van der Waals surface area contributed by atoms with Gasteiger partial charge < -0.3 is 9.08 Å². The van der Waals surface area contributed by atoms with Gasteiger partial charge in [-0.15, -0.1) is 0 Å². The fourth-order valence-corrected chi connectivity index (χ4v) is 6.26. The number of likely N-dealkylation sites (N-methyl/N-ethyl adjacent to an activating group) is 1. The average molecular weight is 405 g/mol. The van der Waals surface area contributed by atoms with Crippen molar-refractivity contribution in [2.75, 3.05) is 14.1 Å². The zero-order valence-corrected chi connectivity index (χ0v) is 17.5. The third-order valence-electron chi connectivity index (χ3n) is 7.13. The van der Waals surface area contributed by atoms with Gasteiger partial charge in [0.2, 0.25) is 5.91 Å². The fraction of sp³-hybridized carbons (Fsp3) is 0.571. The molecule has 6 nitrogen and oxygen atoms in total. The maximum atomic E-state index is 12.7. The molecule has 7 heteroatoms. The van der Waals surface area contributed by atoms with E-state index >= 15 is 0 Å². The lowest BCUT2D eigenvalue weighted by molar-refractivity contribution is -0.126. The van der Waals surface area contributed by atoms with Crippen molar-refractivity contribution in [3.05, 3.63) is 41.0 Å². The summed E-state index contributed by atoms with van der Waals surface area (Å²) in [7, 11) is -0.365. The number of hydrogen-bond acceptors (Lipinski definition) is 4. The van der Waals surface area contributed by atoms with Gasteiger partial charge in [0.25, 0.3) is 0 Å². The van der Waals surface area contributed by atoms with E-state index in [1.807, 2.05) is 26.2 Å². The number of rotatable bonds is 3. The minimum absolute atomic E-state index is 0.0449. The number of benzene rings is 1.